The number of alkyl halides is 3. The molecule has 0 fully saturated rings. The third kappa shape index (κ3) is 8.58. The van der Waals surface area contributed by atoms with E-state index < -0.39 is 12.8 Å². The molecule has 9 heteroatoms. The van der Waals surface area contributed by atoms with Crippen molar-refractivity contribution in [3.63, 3.8) is 0 Å². The summed E-state index contributed by atoms with van der Waals surface area (Å²) >= 11 is 0. The number of hydrogen-bond acceptors (Lipinski definition) is 3. The number of nitrogens with zero attached hydrogens (tertiary/aromatic N) is 2. The zero-order chi connectivity index (χ0) is 15.0. The fourth-order valence-corrected chi connectivity index (χ4v) is 1.40. The van der Waals surface area contributed by atoms with Crippen LogP contribution < -0.4 is 15.4 Å². The summed E-state index contributed by atoms with van der Waals surface area (Å²) < 4.78 is 40.4. The molecule has 0 spiro atoms. The molecule has 0 aliphatic rings. The van der Waals surface area contributed by atoms with Crippen LogP contribution in [0.15, 0.2) is 23.3 Å². The molecule has 0 saturated carbocycles. The maximum absolute atomic E-state index is 12.0. The molecule has 0 radical (unpaired) electrons. The highest BCUT2D eigenvalue weighted by molar-refractivity contribution is 14.0. The van der Waals surface area contributed by atoms with E-state index in [-0.39, 0.29) is 29.9 Å². The van der Waals surface area contributed by atoms with Gasteiger partial charge in [-0.2, -0.15) is 13.2 Å². The van der Waals surface area contributed by atoms with Crippen LogP contribution in [0.2, 0.25) is 0 Å². The van der Waals surface area contributed by atoms with Crippen LogP contribution in [0.4, 0.5) is 13.2 Å². The summed E-state index contributed by atoms with van der Waals surface area (Å²) in [6, 6.07) is 3.11. The van der Waals surface area contributed by atoms with Crippen molar-refractivity contribution >= 4 is 29.9 Å². The van der Waals surface area contributed by atoms with Crippen LogP contribution in [0, 0.1) is 0 Å². The highest BCUT2D eigenvalue weighted by atomic mass is 127. The van der Waals surface area contributed by atoms with E-state index in [4.69, 9.17) is 0 Å². The Morgan fingerprint density at radius 2 is 2.10 bits per heavy atom. The quantitative estimate of drug-likeness (QED) is 0.437. The highest BCUT2D eigenvalue weighted by Gasteiger charge is 2.28. The Labute approximate surface area is 138 Å². The maximum atomic E-state index is 12.0. The second kappa shape index (κ2) is 9.64. The van der Waals surface area contributed by atoms with Gasteiger partial charge in [-0.3, -0.25) is 4.99 Å². The number of nitrogens with one attached hydrogen (secondary N) is 2. The summed E-state index contributed by atoms with van der Waals surface area (Å²) in [6.45, 7) is -0.697. The zero-order valence-electron chi connectivity index (χ0n) is 11.7. The van der Waals surface area contributed by atoms with Crippen LogP contribution in [0.5, 0.6) is 5.88 Å². The normalized spacial score (nSPS) is 11.6. The van der Waals surface area contributed by atoms with Crippen molar-refractivity contribution in [3.05, 3.63) is 23.9 Å². The second-order valence-corrected chi connectivity index (χ2v) is 3.91. The Morgan fingerprint density at radius 3 is 2.57 bits per heavy atom. The van der Waals surface area contributed by atoms with E-state index >= 15 is 0 Å². The number of pyridine rings is 1. The minimum Gasteiger partial charge on any atom is -0.468 e. The molecule has 0 amide bonds. The van der Waals surface area contributed by atoms with Crippen molar-refractivity contribution in [3.8, 4) is 5.88 Å². The van der Waals surface area contributed by atoms with Crippen molar-refractivity contribution in [1.29, 1.82) is 0 Å². The molecule has 120 valence electrons. The van der Waals surface area contributed by atoms with Crippen LogP contribution in [0.1, 0.15) is 5.56 Å². The van der Waals surface area contributed by atoms with E-state index in [1.54, 1.807) is 20.2 Å². The molecule has 21 heavy (non-hydrogen) atoms. The lowest BCUT2D eigenvalue weighted by atomic mass is 10.2. The van der Waals surface area contributed by atoms with Gasteiger partial charge in [-0.1, -0.05) is 6.07 Å². The van der Waals surface area contributed by atoms with Gasteiger partial charge in [0.25, 0.3) is 0 Å². The molecule has 0 atom stereocenters. The first kappa shape index (κ1) is 19.7. The summed E-state index contributed by atoms with van der Waals surface area (Å²) in [5.74, 6) is 0.633. The summed E-state index contributed by atoms with van der Waals surface area (Å²) in [4.78, 5) is 7.78. The fourth-order valence-electron chi connectivity index (χ4n) is 1.40. The molecule has 0 aromatic carbocycles. The second-order valence-electron chi connectivity index (χ2n) is 3.91. The molecule has 0 saturated heterocycles. The first-order valence-electron chi connectivity index (χ1n) is 5.97. The smallest absolute Gasteiger partial charge is 0.422 e. The van der Waals surface area contributed by atoms with Gasteiger partial charge in [-0.05, 0) is 12.0 Å². The molecule has 1 rings (SSSR count). The first-order chi connectivity index (χ1) is 9.44. The average Bonchev–Trinajstić information content (AvgIpc) is 2.42. The first-order valence-corrected chi connectivity index (χ1v) is 5.97. The molecule has 0 bridgehead atoms. The van der Waals surface area contributed by atoms with Crippen LogP contribution in [-0.2, 0) is 6.42 Å². The predicted octanol–water partition coefficient (Wildman–Crippen LogP) is 1.98. The summed E-state index contributed by atoms with van der Waals surface area (Å²) in [5, 5.41) is 5.93. The summed E-state index contributed by atoms with van der Waals surface area (Å²) in [6.07, 6.45) is -2.18. The van der Waals surface area contributed by atoms with Crippen LogP contribution in [0.3, 0.4) is 0 Å². The molecule has 5 nitrogen and oxygen atoms in total. The number of halogens is 4. The van der Waals surface area contributed by atoms with Gasteiger partial charge in [0.2, 0.25) is 5.88 Å². The SMILES string of the molecule is CN=C(NC)NCCc1ccc(OCC(F)(F)F)nc1.I. The Morgan fingerprint density at radius 1 is 1.38 bits per heavy atom. The third-order valence-electron chi connectivity index (χ3n) is 2.35. The Hall–Kier alpha value is -1.26. The Kier molecular flexibility index (Phi) is 9.06. The molecule has 2 N–H and O–H groups in total. The number of aliphatic imine (C=N–C) groups is 1. The molecular formula is C12H18F3IN4O. The number of ether oxygens (including phenoxy) is 1. The Balaban J connectivity index is 0.00000400. The van der Waals surface area contributed by atoms with E-state index in [2.05, 4.69) is 25.3 Å². The molecule has 0 aliphatic carbocycles. The van der Waals surface area contributed by atoms with Crippen LogP contribution >= 0.6 is 24.0 Å². The lowest BCUT2D eigenvalue weighted by Gasteiger charge is -2.10. The standard InChI is InChI=1S/C12H17F3N4O.HI/c1-16-11(17-2)18-6-5-9-3-4-10(19-7-9)20-8-12(13,14)15;/h3-4,7H,5-6,8H2,1-2H3,(H2,16,17,18);1H. The number of rotatable bonds is 5. The van der Waals surface area contributed by atoms with Gasteiger partial charge in [0, 0.05) is 32.9 Å². The molecule has 1 aromatic rings. The molecule has 0 unspecified atom stereocenters. The summed E-state index contributed by atoms with van der Waals surface area (Å²) in [5.41, 5.74) is 0.892. The van der Waals surface area contributed by atoms with Gasteiger partial charge in [0.05, 0.1) is 0 Å². The minimum atomic E-state index is -4.35. The monoisotopic (exact) mass is 418 g/mol. The summed E-state index contributed by atoms with van der Waals surface area (Å²) in [7, 11) is 3.41. The average molecular weight is 418 g/mol. The molecular weight excluding hydrogens is 400 g/mol. The highest BCUT2D eigenvalue weighted by Crippen LogP contribution is 2.16. The van der Waals surface area contributed by atoms with Crippen molar-refractivity contribution in [2.24, 2.45) is 4.99 Å². The topological polar surface area (TPSA) is 58.5 Å². The van der Waals surface area contributed by atoms with Gasteiger partial charge in [0.15, 0.2) is 12.6 Å². The zero-order valence-corrected chi connectivity index (χ0v) is 14.0. The van der Waals surface area contributed by atoms with Crippen molar-refractivity contribution in [1.82, 2.24) is 15.6 Å². The van der Waals surface area contributed by atoms with Crippen LogP contribution in [-0.4, -0.2) is 44.4 Å². The van der Waals surface area contributed by atoms with Crippen molar-refractivity contribution in [2.45, 2.75) is 12.6 Å². The van der Waals surface area contributed by atoms with E-state index in [1.165, 1.54) is 12.3 Å². The maximum Gasteiger partial charge on any atom is 0.422 e. The molecule has 1 heterocycles. The lowest BCUT2D eigenvalue weighted by Crippen LogP contribution is -2.35. The molecule has 1 aromatic heterocycles. The van der Waals surface area contributed by atoms with E-state index in [1.807, 2.05) is 0 Å². The number of guanidine groups is 1. The largest absolute Gasteiger partial charge is 0.468 e. The Bertz CT molecular complexity index is 437. The minimum absolute atomic E-state index is 0. The fraction of sp³-hybridized carbons (Fsp3) is 0.500. The van der Waals surface area contributed by atoms with Gasteiger partial charge in [-0.15, -0.1) is 24.0 Å². The van der Waals surface area contributed by atoms with E-state index in [9.17, 15) is 13.2 Å². The van der Waals surface area contributed by atoms with Gasteiger partial charge in [-0.25, -0.2) is 4.98 Å². The van der Waals surface area contributed by atoms with Gasteiger partial charge < -0.3 is 15.4 Å². The predicted molar refractivity (Wildman–Crippen MR) is 85.3 cm³/mol. The van der Waals surface area contributed by atoms with Gasteiger partial charge in [0.1, 0.15) is 0 Å². The van der Waals surface area contributed by atoms with E-state index in [0.717, 1.165) is 5.56 Å². The molecule has 0 aliphatic heterocycles. The number of hydrogen-bond donors (Lipinski definition) is 2. The lowest BCUT2D eigenvalue weighted by molar-refractivity contribution is -0.154. The van der Waals surface area contributed by atoms with Crippen LogP contribution in [0.25, 0.3) is 0 Å². The van der Waals surface area contributed by atoms with Crippen molar-refractivity contribution in [2.75, 3.05) is 27.2 Å². The van der Waals surface area contributed by atoms with Gasteiger partial charge >= 0.3 is 6.18 Å². The third-order valence-corrected chi connectivity index (χ3v) is 2.35. The van der Waals surface area contributed by atoms with E-state index in [0.29, 0.717) is 18.9 Å². The number of aromatic nitrogens is 1. The van der Waals surface area contributed by atoms with Crippen molar-refractivity contribution < 1.29 is 17.9 Å².